The van der Waals surface area contributed by atoms with Gasteiger partial charge in [0, 0.05) is 6.20 Å². The molecule has 2 amide bonds. The van der Waals surface area contributed by atoms with Gasteiger partial charge in [-0.05, 0) is 12.1 Å². The lowest BCUT2D eigenvalue weighted by Crippen LogP contribution is -2.39. The number of amides is 2. The summed E-state index contributed by atoms with van der Waals surface area (Å²) in [7, 11) is 0. The first kappa shape index (κ1) is 9.14. The summed E-state index contributed by atoms with van der Waals surface area (Å²) in [5, 5.41) is 2.25. The quantitative estimate of drug-likeness (QED) is 0.224. The maximum absolute atomic E-state index is 10.9. The number of anilines is 1. The van der Waals surface area contributed by atoms with Crippen LogP contribution in [0.25, 0.3) is 0 Å². The highest BCUT2D eigenvalue weighted by atomic mass is 16.2. The summed E-state index contributed by atoms with van der Waals surface area (Å²) in [6.45, 7) is 0. The topological polar surface area (TPSA) is 97.1 Å². The van der Waals surface area contributed by atoms with Crippen LogP contribution in [0.3, 0.4) is 0 Å². The standard InChI is InChI=1S/C7H8N4O2/c8-11-7(13)6(12)10-5-3-1-2-4-9-5/h1-4H,8H2,(H,11,13)(H,9,10,12). The number of aromatic nitrogens is 1. The summed E-state index contributed by atoms with van der Waals surface area (Å²) in [6, 6.07) is 4.93. The van der Waals surface area contributed by atoms with Gasteiger partial charge in [-0.1, -0.05) is 6.07 Å². The SMILES string of the molecule is NNC(=O)C(=O)Nc1ccccn1. The summed E-state index contributed by atoms with van der Waals surface area (Å²) < 4.78 is 0. The van der Waals surface area contributed by atoms with Gasteiger partial charge in [0.1, 0.15) is 5.82 Å². The Bertz CT molecular complexity index is 312. The van der Waals surface area contributed by atoms with Crippen LogP contribution in [0.2, 0.25) is 0 Å². The summed E-state index contributed by atoms with van der Waals surface area (Å²) in [5.74, 6) is 3.29. The first-order chi connectivity index (χ1) is 6.24. The second-order valence-corrected chi connectivity index (χ2v) is 2.14. The highest BCUT2D eigenvalue weighted by molar-refractivity contribution is 6.39. The second kappa shape index (κ2) is 4.17. The Morgan fingerprint density at radius 2 is 2.08 bits per heavy atom. The predicted octanol–water partition coefficient (Wildman–Crippen LogP) is -0.990. The number of pyridine rings is 1. The fourth-order valence-electron chi connectivity index (χ4n) is 0.675. The first-order valence-corrected chi connectivity index (χ1v) is 3.47. The number of carbonyl (C=O) groups is 2. The van der Waals surface area contributed by atoms with Gasteiger partial charge in [-0.15, -0.1) is 0 Å². The first-order valence-electron chi connectivity index (χ1n) is 3.47. The van der Waals surface area contributed by atoms with Gasteiger partial charge in [-0.3, -0.25) is 15.0 Å². The molecule has 0 fully saturated rings. The summed E-state index contributed by atoms with van der Waals surface area (Å²) in [5.41, 5.74) is 1.71. The molecule has 0 saturated heterocycles. The molecule has 6 nitrogen and oxygen atoms in total. The number of carbonyl (C=O) groups excluding carboxylic acids is 2. The largest absolute Gasteiger partial charge is 0.323 e. The lowest BCUT2D eigenvalue weighted by Gasteiger charge is -2.01. The average Bonchev–Trinajstić information content (AvgIpc) is 2.18. The van der Waals surface area contributed by atoms with Crippen molar-refractivity contribution in [2.24, 2.45) is 5.84 Å². The van der Waals surface area contributed by atoms with Gasteiger partial charge in [0.05, 0.1) is 0 Å². The van der Waals surface area contributed by atoms with Crippen LogP contribution in [0.4, 0.5) is 5.82 Å². The van der Waals surface area contributed by atoms with Crippen LogP contribution in [-0.2, 0) is 9.59 Å². The van der Waals surface area contributed by atoms with Crippen LogP contribution in [-0.4, -0.2) is 16.8 Å². The number of hydrogen-bond donors (Lipinski definition) is 3. The van der Waals surface area contributed by atoms with Crippen molar-refractivity contribution >= 4 is 17.6 Å². The molecule has 0 atom stereocenters. The fourth-order valence-corrected chi connectivity index (χ4v) is 0.675. The molecule has 0 aromatic carbocycles. The van der Waals surface area contributed by atoms with Gasteiger partial charge in [0.25, 0.3) is 0 Å². The van der Waals surface area contributed by atoms with E-state index in [4.69, 9.17) is 5.84 Å². The van der Waals surface area contributed by atoms with Gasteiger partial charge in [0.15, 0.2) is 0 Å². The number of hydrazine groups is 1. The fraction of sp³-hybridized carbons (Fsp3) is 0. The van der Waals surface area contributed by atoms with E-state index < -0.39 is 11.8 Å². The van der Waals surface area contributed by atoms with E-state index in [0.29, 0.717) is 5.82 Å². The molecule has 0 aliphatic carbocycles. The maximum atomic E-state index is 10.9. The Morgan fingerprint density at radius 3 is 2.62 bits per heavy atom. The summed E-state index contributed by atoms with van der Waals surface area (Å²) in [6.07, 6.45) is 1.50. The van der Waals surface area contributed by atoms with E-state index in [1.807, 2.05) is 0 Å². The molecule has 4 N–H and O–H groups in total. The average molecular weight is 180 g/mol. The van der Waals surface area contributed by atoms with Crippen molar-refractivity contribution in [2.45, 2.75) is 0 Å². The minimum Gasteiger partial charge on any atom is -0.302 e. The van der Waals surface area contributed by atoms with Crippen LogP contribution in [0.15, 0.2) is 24.4 Å². The van der Waals surface area contributed by atoms with Gasteiger partial charge < -0.3 is 5.32 Å². The smallest absolute Gasteiger partial charge is 0.302 e. The molecular formula is C7H8N4O2. The van der Waals surface area contributed by atoms with E-state index in [1.165, 1.54) is 6.20 Å². The number of nitrogens with one attached hydrogen (secondary N) is 2. The zero-order valence-corrected chi connectivity index (χ0v) is 6.65. The van der Waals surface area contributed by atoms with Gasteiger partial charge in [-0.2, -0.15) is 0 Å². The van der Waals surface area contributed by atoms with Gasteiger partial charge >= 0.3 is 11.8 Å². The molecule has 6 heteroatoms. The van der Waals surface area contributed by atoms with E-state index in [1.54, 1.807) is 23.6 Å². The van der Waals surface area contributed by atoms with E-state index in [2.05, 4.69) is 10.3 Å². The lowest BCUT2D eigenvalue weighted by molar-refractivity contribution is -0.136. The Balaban J connectivity index is 2.60. The van der Waals surface area contributed by atoms with Crippen molar-refractivity contribution in [1.29, 1.82) is 0 Å². The summed E-state index contributed by atoms with van der Waals surface area (Å²) >= 11 is 0. The van der Waals surface area contributed by atoms with Crippen molar-refractivity contribution in [3.63, 3.8) is 0 Å². The molecule has 0 saturated carbocycles. The number of nitrogens with two attached hydrogens (primary N) is 1. The third-order valence-electron chi connectivity index (χ3n) is 1.24. The molecule has 13 heavy (non-hydrogen) atoms. The number of hydrogen-bond acceptors (Lipinski definition) is 4. The minimum atomic E-state index is -0.911. The zero-order valence-electron chi connectivity index (χ0n) is 6.65. The van der Waals surface area contributed by atoms with E-state index >= 15 is 0 Å². The highest BCUT2D eigenvalue weighted by Gasteiger charge is 2.11. The Labute approximate surface area is 74.1 Å². The minimum absolute atomic E-state index is 0.302. The normalized spacial score (nSPS) is 9.00. The molecule has 0 spiro atoms. The molecule has 0 aliphatic rings. The van der Waals surface area contributed by atoms with Crippen molar-refractivity contribution in [1.82, 2.24) is 10.4 Å². The Kier molecular flexibility index (Phi) is 2.93. The molecule has 0 bridgehead atoms. The second-order valence-electron chi connectivity index (χ2n) is 2.14. The predicted molar refractivity (Wildman–Crippen MR) is 45.2 cm³/mol. The van der Waals surface area contributed by atoms with Crippen molar-refractivity contribution in [3.8, 4) is 0 Å². The molecule has 1 aromatic rings. The molecular weight excluding hydrogens is 172 g/mol. The van der Waals surface area contributed by atoms with Crippen LogP contribution < -0.4 is 16.6 Å². The van der Waals surface area contributed by atoms with Crippen molar-refractivity contribution in [3.05, 3.63) is 24.4 Å². The van der Waals surface area contributed by atoms with Crippen LogP contribution in [0.5, 0.6) is 0 Å². The van der Waals surface area contributed by atoms with Crippen LogP contribution in [0, 0.1) is 0 Å². The third-order valence-corrected chi connectivity index (χ3v) is 1.24. The molecule has 0 aliphatic heterocycles. The van der Waals surface area contributed by atoms with Crippen molar-refractivity contribution in [2.75, 3.05) is 5.32 Å². The molecule has 0 radical (unpaired) electrons. The zero-order chi connectivity index (χ0) is 9.68. The highest BCUT2D eigenvalue weighted by Crippen LogP contribution is 1.98. The molecule has 1 aromatic heterocycles. The lowest BCUT2D eigenvalue weighted by atomic mass is 10.4. The van der Waals surface area contributed by atoms with E-state index in [9.17, 15) is 9.59 Å². The molecule has 1 heterocycles. The van der Waals surface area contributed by atoms with E-state index in [0.717, 1.165) is 0 Å². The van der Waals surface area contributed by atoms with Crippen LogP contribution in [0.1, 0.15) is 0 Å². The third kappa shape index (κ3) is 2.53. The number of nitrogens with zero attached hydrogens (tertiary/aromatic N) is 1. The van der Waals surface area contributed by atoms with E-state index in [-0.39, 0.29) is 0 Å². The maximum Gasteiger partial charge on any atom is 0.323 e. The van der Waals surface area contributed by atoms with Crippen molar-refractivity contribution < 1.29 is 9.59 Å². The molecule has 68 valence electrons. The van der Waals surface area contributed by atoms with Gasteiger partial charge in [0.2, 0.25) is 0 Å². The van der Waals surface area contributed by atoms with Crippen LogP contribution >= 0.6 is 0 Å². The molecule has 1 rings (SSSR count). The molecule has 0 unspecified atom stereocenters. The Hall–Kier alpha value is -1.95. The Morgan fingerprint density at radius 1 is 1.31 bits per heavy atom. The summed E-state index contributed by atoms with van der Waals surface area (Å²) in [4.78, 5) is 25.3. The monoisotopic (exact) mass is 180 g/mol. The number of rotatable bonds is 1. The van der Waals surface area contributed by atoms with Gasteiger partial charge in [-0.25, -0.2) is 10.8 Å².